The molecule has 1 aromatic heterocycles. The summed E-state index contributed by atoms with van der Waals surface area (Å²) >= 11 is 0. The van der Waals surface area contributed by atoms with Gasteiger partial charge in [-0.25, -0.2) is 4.68 Å². The number of aliphatic hydroxyl groups is 1. The number of hydrogen-bond donors (Lipinski definition) is 1. The van der Waals surface area contributed by atoms with Gasteiger partial charge in [-0.2, -0.15) is 5.10 Å². The fraction of sp³-hybridized carbons (Fsp3) is 0.474. The summed E-state index contributed by atoms with van der Waals surface area (Å²) in [6.07, 6.45) is 6.24. The molecule has 3 heterocycles. The number of carbonyl (C=O) groups is 1. The predicted octanol–water partition coefficient (Wildman–Crippen LogP) is 2.02. The lowest BCUT2D eigenvalue weighted by Gasteiger charge is -2.46. The molecule has 1 aromatic carbocycles. The minimum absolute atomic E-state index is 0.0224. The lowest BCUT2D eigenvalue weighted by molar-refractivity contribution is -0.174. The molecule has 1 unspecified atom stereocenters. The maximum atomic E-state index is 12.9. The molecule has 2 saturated heterocycles. The van der Waals surface area contributed by atoms with Gasteiger partial charge in [-0.1, -0.05) is 6.07 Å². The number of hydrogen-bond acceptors (Lipinski definition) is 4. The van der Waals surface area contributed by atoms with Crippen LogP contribution in [0.1, 0.15) is 36.0 Å². The third-order valence-corrected chi connectivity index (χ3v) is 5.38. The average molecular weight is 341 g/mol. The van der Waals surface area contributed by atoms with Gasteiger partial charge < -0.3 is 14.7 Å². The minimum Gasteiger partial charge on any atom is -0.390 e. The van der Waals surface area contributed by atoms with Crippen molar-refractivity contribution in [1.82, 2.24) is 14.7 Å². The Morgan fingerprint density at radius 1 is 1.28 bits per heavy atom. The van der Waals surface area contributed by atoms with Gasteiger partial charge in [0, 0.05) is 37.7 Å². The van der Waals surface area contributed by atoms with Crippen molar-refractivity contribution in [3.05, 3.63) is 48.3 Å². The largest absolute Gasteiger partial charge is 0.390 e. The van der Waals surface area contributed by atoms with Crippen molar-refractivity contribution < 1.29 is 14.6 Å². The lowest BCUT2D eigenvalue weighted by Crippen LogP contribution is -2.56. The number of nitrogens with zero attached hydrogens (tertiary/aromatic N) is 3. The highest BCUT2D eigenvalue weighted by Crippen LogP contribution is 2.35. The zero-order valence-corrected chi connectivity index (χ0v) is 14.2. The highest BCUT2D eigenvalue weighted by molar-refractivity contribution is 5.94. The molecule has 132 valence electrons. The molecule has 2 fully saturated rings. The van der Waals surface area contributed by atoms with Crippen LogP contribution in [-0.2, 0) is 4.74 Å². The summed E-state index contributed by atoms with van der Waals surface area (Å²) < 4.78 is 7.67. The Balaban J connectivity index is 1.47. The second-order valence-corrected chi connectivity index (χ2v) is 6.86. The van der Waals surface area contributed by atoms with Crippen LogP contribution in [0.25, 0.3) is 5.69 Å². The third-order valence-electron chi connectivity index (χ3n) is 5.38. The van der Waals surface area contributed by atoms with Gasteiger partial charge in [-0.05, 0) is 49.9 Å². The van der Waals surface area contributed by atoms with E-state index in [0.29, 0.717) is 38.1 Å². The van der Waals surface area contributed by atoms with Crippen LogP contribution in [0, 0.1) is 0 Å². The molecule has 0 saturated carbocycles. The van der Waals surface area contributed by atoms with Crippen molar-refractivity contribution in [3.63, 3.8) is 0 Å². The third kappa shape index (κ3) is 3.07. The van der Waals surface area contributed by atoms with Crippen molar-refractivity contribution in [1.29, 1.82) is 0 Å². The quantitative estimate of drug-likeness (QED) is 0.907. The molecule has 6 nitrogen and oxygen atoms in total. The second kappa shape index (κ2) is 6.61. The highest BCUT2D eigenvalue weighted by Gasteiger charge is 2.44. The number of ether oxygens (including phenoxy) is 1. The van der Waals surface area contributed by atoms with Crippen LogP contribution < -0.4 is 0 Å². The molecular formula is C19H23N3O3. The van der Waals surface area contributed by atoms with Gasteiger partial charge in [-0.3, -0.25) is 4.79 Å². The first-order valence-electron chi connectivity index (χ1n) is 8.89. The molecule has 2 aliphatic rings. The number of likely N-dealkylation sites (tertiary alicyclic amines) is 1. The number of aromatic nitrogens is 2. The summed E-state index contributed by atoms with van der Waals surface area (Å²) in [6.45, 7) is 1.93. The van der Waals surface area contributed by atoms with E-state index in [1.54, 1.807) is 10.9 Å². The maximum absolute atomic E-state index is 12.9. The molecule has 0 bridgehead atoms. The summed E-state index contributed by atoms with van der Waals surface area (Å²) in [5.74, 6) is 0.0224. The molecule has 2 aromatic rings. The summed E-state index contributed by atoms with van der Waals surface area (Å²) in [6, 6.07) is 9.37. The van der Waals surface area contributed by atoms with E-state index in [2.05, 4.69) is 5.10 Å². The van der Waals surface area contributed by atoms with Crippen LogP contribution in [-0.4, -0.2) is 57.1 Å². The van der Waals surface area contributed by atoms with Gasteiger partial charge in [0.1, 0.15) is 0 Å². The van der Waals surface area contributed by atoms with E-state index in [4.69, 9.17) is 4.74 Å². The van der Waals surface area contributed by atoms with Gasteiger partial charge in [0.05, 0.1) is 17.4 Å². The Labute approximate surface area is 147 Å². The smallest absolute Gasteiger partial charge is 0.253 e. The van der Waals surface area contributed by atoms with E-state index in [1.165, 1.54) is 0 Å². The summed E-state index contributed by atoms with van der Waals surface area (Å²) in [5.41, 5.74) is 1.08. The molecule has 1 atom stereocenters. The van der Waals surface area contributed by atoms with Gasteiger partial charge in [0.15, 0.2) is 0 Å². The van der Waals surface area contributed by atoms with Gasteiger partial charge in [0.2, 0.25) is 0 Å². The Bertz CT molecular complexity index is 736. The van der Waals surface area contributed by atoms with Crippen molar-refractivity contribution in [2.75, 3.05) is 19.7 Å². The van der Waals surface area contributed by atoms with E-state index in [-0.39, 0.29) is 5.91 Å². The van der Waals surface area contributed by atoms with Crippen LogP contribution in [0.5, 0.6) is 0 Å². The van der Waals surface area contributed by atoms with Crippen LogP contribution in [0.3, 0.4) is 0 Å². The number of aliphatic hydroxyl groups excluding tert-OH is 1. The Morgan fingerprint density at radius 2 is 2.12 bits per heavy atom. The van der Waals surface area contributed by atoms with E-state index >= 15 is 0 Å². The monoisotopic (exact) mass is 341 g/mol. The molecule has 1 N–H and O–H groups in total. The van der Waals surface area contributed by atoms with Gasteiger partial charge in [0.25, 0.3) is 5.91 Å². The molecule has 0 aliphatic carbocycles. The van der Waals surface area contributed by atoms with Crippen LogP contribution >= 0.6 is 0 Å². The standard InChI is InChI=1S/C19H23N3O3/c23-17-6-2-13-25-19(17)7-11-21(12-8-19)18(24)15-4-1-5-16(14-15)22-10-3-9-20-22/h1,3-5,9-10,14,17,23H,2,6-8,11-13H2. The number of carbonyl (C=O) groups excluding carboxylic acids is 1. The molecule has 1 amide bonds. The summed E-state index contributed by atoms with van der Waals surface area (Å²) in [5, 5.41) is 14.5. The first-order chi connectivity index (χ1) is 12.2. The molecule has 0 radical (unpaired) electrons. The molecule has 6 heteroatoms. The molecule has 2 aliphatic heterocycles. The first kappa shape index (κ1) is 16.3. The van der Waals surface area contributed by atoms with Crippen LogP contribution in [0.2, 0.25) is 0 Å². The van der Waals surface area contributed by atoms with E-state index < -0.39 is 11.7 Å². The number of rotatable bonds is 2. The summed E-state index contributed by atoms with van der Waals surface area (Å²) in [4.78, 5) is 14.7. The normalized spacial score (nSPS) is 22.9. The fourth-order valence-corrected chi connectivity index (χ4v) is 3.86. The first-order valence-corrected chi connectivity index (χ1v) is 8.89. The Hall–Kier alpha value is -2.18. The number of piperidine rings is 1. The van der Waals surface area contributed by atoms with E-state index in [1.807, 2.05) is 41.4 Å². The topological polar surface area (TPSA) is 67.6 Å². The van der Waals surface area contributed by atoms with Gasteiger partial charge in [-0.15, -0.1) is 0 Å². The molecular weight excluding hydrogens is 318 g/mol. The molecule has 25 heavy (non-hydrogen) atoms. The summed E-state index contributed by atoms with van der Waals surface area (Å²) in [7, 11) is 0. The Morgan fingerprint density at radius 3 is 2.84 bits per heavy atom. The number of benzene rings is 1. The SMILES string of the molecule is O=C(c1cccc(-n2cccn2)c1)N1CCC2(CC1)OCCCC2O. The lowest BCUT2D eigenvalue weighted by atomic mass is 9.82. The van der Waals surface area contributed by atoms with E-state index in [9.17, 15) is 9.90 Å². The maximum Gasteiger partial charge on any atom is 0.253 e. The molecule has 1 spiro atoms. The zero-order valence-electron chi connectivity index (χ0n) is 14.2. The van der Waals surface area contributed by atoms with Gasteiger partial charge >= 0.3 is 0 Å². The van der Waals surface area contributed by atoms with Crippen molar-refractivity contribution in [2.24, 2.45) is 0 Å². The highest BCUT2D eigenvalue weighted by atomic mass is 16.5. The average Bonchev–Trinajstić information content (AvgIpc) is 3.19. The van der Waals surface area contributed by atoms with E-state index in [0.717, 1.165) is 18.5 Å². The van der Waals surface area contributed by atoms with Crippen molar-refractivity contribution in [3.8, 4) is 5.69 Å². The van der Waals surface area contributed by atoms with Crippen molar-refractivity contribution >= 4 is 5.91 Å². The second-order valence-electron chi connectivity index (χ2n) is 6.86. The minimum atomic E-state index is -0.452. The van der Waals surface area contributed by atoms with Crippen molar-refractivity contribution in [2.45, 2.75) is 37.4 Å². The molecule has 4 rings (SSSR count). The zero-order chi connectivity index (χ0) is 17.3. The Kier molecular flexibility index (Phi) is 4.31. The number of amides is 1. The van der Waals surface area contributed by atoms with Crippen LogP contribution in [0.15, 0.2) is 42.7 Å². The predicted molar refractivity (Wildman–Crippen MR) is 92.6 cm³/mol. The fourth-order valence-electron chi connectivity index (χ4n) is 3.86. The van der Waals surface area contributed by atoms with Crippen LogP contribution in [0.4, 0.5) is 0 Å².